The Balaban J connectivity index is 2.38. The third-order valence-electron chi connectivity index (χ3n) is 3.03. The van der Waals surface area contributed by atoms with E-state index in [-0.39, 0.29) is 16.8 Å². The van der Waals surface area contributed by atoms with Crippen LogP contribution in [0.3, 0.4) is 0 Å². The first-order valence-electron chi connectivity index (χ1n) is 5.99. The summed E-state index contributed by atoms with van der Waals surface area (Å²) in [4.78, 5) is 4.17. The molecule has 0 unspecified atom stereocenters. The molecule has 1 aromatic heterocycles. The third kappa shape index (κ3) is 2.45. The molecule has 0 aliphatic carbocycles. The van der Waals surface area contributed by atoms with Crippen molar-refractivity contribution in [2.45, 2.75) is 17.5 Å². The number of alkyl halides is 3. The van der Waals surface area contributed by atoms with Gasteiger partial charge in [0.1, 0.15) is 5.03 Å². The number of para-hydroxylation sites is 1. The molecule has 3 aromatic rings. The molecule has 0 bridgehead atoms. The van der Waals surface area contributed by atoms with Crippen LogP contribution in [0.1, 0.15) is 5.56 Å². The molecule has 0 radical (unpaired) electrons. The quantitative estimate of drug-likeness (QED) is 0.445. The molecule has 0 aliphatic rings. The minimum atomic E-state index is -4.34. The normalized spacial score (nSPS) is 12.2. The van der Waals surface area contributed by atoms with Gasteiger partial charge in [0.15, 0.2) is 0 Å². The highest BCUT2D eigenvalue weighted by Gasteiger charge is 2.31. The minimum absolute atomic E-state index is 0.00917. The molecule has 1 nitrogen and oxygen atoms in total. The number of benzene rings is 2. The molecule has 20 heavy (non-hydrogen) atoms. The summed E-state index contributed by atoms with van der Waals surface area (Å²) in [6.45, 7) is 1.86. The van der Waals surface area contributed by atoms with Gasteiger partial charge in [-0.1, -0.05) is 35.9 Å². The first kappa shape index (κ1) is 13.2. The number of rotatable bonds is 1. The lowest BCUT2D eigenvalue weighted by Gasteiger charge is -2.11. The Morgan fingerprint density at radius 2 is 1.70 bits per heavy atom. The van der Waals surface area contributed by atoms with Gasteiger partial charge in [0.05, 0.1) is 5.52 Å². The molecule has 102 valence electrons. The fourth-order valence-electron chi connectivity index (χ4n) is 2.23. The lowest BCUT2D eigenvalue weighted by Crippen LogP contribution is -2.01. The topological polar surface area (TPSA) is 12.9 Å². The van der Waals surface area contributed by atoms with Crippen LogP contribution in [0.5, 0.6) is 0 Å². The van der Waals surface area contributed by atoms with Crippen molar-refractivity contribution in [3.63, 3.8) is 0 Å². The van der Waals surface area contributed by atoms with E-state index in [0.29, 0.717) is 10.9 Å². The molecule has 0 aliphatic heterocycles. The van der Waals surface area contributed by atoms with Crippen molar-refractivity contribution in [3.05, 3.63) is 48.0 Å². The van der Waals surface area contributed by atoms with E-state index in [0.717, 1.165) is 16.3 Å². The number of halogens is 3. The van der Waals surface area contributed by atoms with Crippen LogP contribution in [0, 0.1) is 6.92 Å². The maximum absolute atomic E-state index is 12.7. The molecule has 5 heteroatoms. The van der Waals surface area contributed by atoms with Crippen LogP contribution in [-0.4, -0.2) is 10.5 Å². The van der Waals surface area contributed by atoms with E-state index >= 15 is 0 Å². The monoisotopic (exact) mass is 293 g/mol. The highest BCUT2D eigenvalue weighted by atomic mass is 32.2. The number of hydrogen-bond donors (Lipinski definition) is 0. The fraction of sp³-hybridized carbons (Fsp3) is 0.133. The van der Waals surface area contributed by atoms with Crippen LogP contribution in [0.25, 0.3) is 21.7 Å². The molecule has 0 saturated heterocycles. The zero-order chi connectivity index (χ0) is 14.3. The molecular formula is C15H10F3NS. The van der Waals surface area contributed by atoms with Gasteiger partial charge >= 0.3 is 5.51 Å². The Morgan fingerprint density at radius 1 is 0.950 bits per heavy atom. The summed E-state index contributed by atoms with van der Waals surface area (Å²) >= 11 is -0.157. The zero-order valence-electron chi connectivity index (χ0n) is 10.5. The molecule has 0 saturated carbocycles. The number of thioether (sulfide) groups is 1. The minimum Gasteiger partial charge on any atom is -0.240 e. The van der Waals surface area contributed by atoms with E-state index in [1.807, 2.05) is 31.2 Å². The summed E-state index contributed by atoms with van der Waals surface area (Å²) in [5.74, 6) is 0. The number of nitrogens with zero attached hydrogens (tertiary/aromatic N) is 1. The van der Waals surface area contributed by atoms with Crippen molar-refractivity contribution in [2.24, 2.45) is 0 Å². The predicted molar refractivity (Wildman–Crippen MR) is 75.9 cm³/mol. The van der Waals surface area contributed by atoms with Crippen LogP contribution in [0.15, 0.2) is 47.5 Å². The Kier molecular flexibility index (Phi) is 3.09. The third-order valence-corrected chi connectivity index (χ3v) is 3.77. The molecule has 1 heterocycles. The summed E-state index contributed by atoms with van der Waals surface area (Å²) in [6.07, 6.45) is 0. The number of aromatic nitrogens is 1. The molecule has 0 spiro atoms. The standard InChI is InChI=1S/C15H10F3NS/c1-9-6-7-10-11-4-2-3-5-13(11)19-14(12(10)8-9)20-15(16,17)18/h2-8H,1H3. The van der Waals surface area contributed by atoms with Gasteiger partial charge in [0.25, 0.3) is 0 Å². The average Bonchev–Trinajstić information content (AvgIpc) is 2.37. The Morgan fingerprint density at radius 3 is 2.45 bits per heavy atom. The van der Waals surface area contributed by atoms with Crippen molar-refractivity contribution in [3.8, 4) is 0 Å². The lowest BCUT2D eigenvalue weighted by atomic mass is 10.0. The van der Waals surface area contributed by atoms with Gasteiger partial charge < -0.3 is 0 Å². The second-order valence-corrected chi connectivity index (χ2v) is 5.58. The average molecular weight is 293 g/mol. The van der Waals surface area contributed by atoms with Gasteiger partial charge in [-0.2, -0.15) is 13.2 Å². The lowest BCUT2D eigenvalue weighted by molar-refractivity contribution is -0.0328. The van der Waals surface area contributed by atoms with Gasteiger partial charge in [-0.3, -0.25) is 0 Å². The van der Waals surface area contributed by atoms with Crippen molar-refractivity contribution < 1.29 is 13.2 Å². The van der Waals surface area contributed by atoms with E-state index in [1.54, 1.807) is 18.2 Å². The van der Waals surface area contributed by atoms with Crippen molar-refractivity contribution >= 4 is 33.4 Å². The number of hydrogen-bond acceptors (Lipinski definition) is 2. The van der Waals surface area contributed by atoms with Gasteiger partial charge in [-0.05, 0) is 24.4 Å². The Bertz CT molecular complexity index is 796. The van der Waals surface area contributed by atoms with Gasteiger partial charge in [0.2, 0.25) is 0 Å². The summed E-state index contributed by atoms with van der Waals surface area (Å²) in [5.41, 5.74) is -2.85. The van der Waals surface area contributed by atoms with Crippen LogP contribution in [-0.2, 0) is 0 Å². The van der Waals surface area contributed by atoms with Gasteiger partial charge in [-0.25, -0.2) is 4.98 Å². The molecular weight excluding hydrogens is 283 g/mol. The van der Waals surface area contributed by atoms with Crippen LogP contribution < -0.4 is 0 Å². The summed E-state index contributed by atoms with van der Waals surface area (Å²) in [5, 5.41) is 2.22. The summed E-state index contributed by atoms with van der Waals surface area (Å²) < 4.78 is 38.1. The summed E-state index contributed by atoms with van der Waals surface area (Å²) in [7, 11) is 0. The largest absolute Gasteiger partial charge is 0.447 e. The smallest absolute Gasteiger partial charge is 0.240 e. The number of pyridine rings is 1. The molecule has 0 N–H and O–H groups in total. The predicted octanol–water partition coefficient (Wildman–Crippen LogP) is 5.31. The zero-order valence-corrected chi connectivity index (χ0v) is 11.3. The number of fused-ring (bicyclic) bond motifs is 3. The maximum atomic E-state index is 12.7. The van der Waals surface area contributed by atoms with Gasteiger partial charge in [-0.15, -0.1) is 0 Å². The van der Waals surface area contributed by atoms with Crippen molar-refractivity contribution in [2.75, 3.05) is 0 Å². The Hall–Kier alpha value is -1.75. The first-order valence-corrected chi connectivity index (χ1v) is 6.80. The van der Waals surface area contributed by atoms with E-state index in [4.69, 9.17) is 0 Å². The SMILES string of the molecule is Cc1ccc2c(c1)c(SC(F)(F)F)nc1ccccc12. The van der Waals surface area contributed by atoms with Crippen LogP contribution in [0.2, 0.25) is 0 Å². The van der Waals surface area contributed by atoms with E-state index in [2.05, 4.69) is 4.98 Å². The fourth-order valence-corrected chi connectivity index (χ4v) is 2.87. The number of aryl methyl sites for hydroxylation is 1. The maximum Gasteiger partial charge on any atom is 0.447 e. The molecule has 0 amide bonds. The van der Waals surface area contributed by atoms with Crippen molar-refractivity contribution in [1.29, 1.82) is 0 Å². The Labute approximate surface area is 117 Å². The summed E-state index contributed by atoms with van der Waals surface area (Å²) in [6, 6.07) is 12.8. The van der Waals surface area contributed by atoms with E-state index < -0.39 is 5.51 Å². The molecule has 0 fully saturated rings. The van der Waals surface area contributed by atoms with E-state index in [1.165, 1.54) is 0 Å². The van der Waals surface area contributed by atoms with E-state index in [9.17, 15) is 13.2 Å². The highest BCUT2D eigenvalue weighted by Crippen LogP contribution is 2.41. The first-order chi connectivity index (χ1) is 9.44. The van der Waals surface area contributed by atoms with Gasteiger partial charge in [0, 0.05) is 22.5 Å². The molecule has 0 atom stereocenters. The second kappa shape index (κ2) is 4.66. The molecule has 3 rings (SSSR count). The second-order valence-electron chi connectivity index (χ2n) is 4.53. The molecule has 2 aromatic carbocycles. The van der Waals surface area contributed by atoms with Crippen molar-refractivity contribution in [1.82, 2.24) is 4.98 Å². The van der Waals surface area contributed by atoms with Crippen LogP contribution in [0.4, 0.5) is 13.2 Å². The van der Waals surface area contributed by atoms with Crippen LogP contribution >= 0.6 is 11.8 Å². The highest BCUT2D eigenvalue weighted by molar-refractivity contribution is 8.00.